The highest BCUT2D eigenvalue weighted by molar-refractivity contribution is 5.94. The first-order valence-electron chi connectivity index (χ1n) is 8.21. The molecule has 1 aliphatic rings. The van der Waals surface area contributed by atoms with E-state index in [-0.39, 0.29) is 18.9 Å². The minimum atomic E-state index is -4.51. The maximum Gasteiger partial charge on any atom is 0.416 e. The molecule has 0 fully saturated rings. The fraction of sp³-hybridized carbons (Fsp3) is 0.158. The van der Waals surface area contributed by atoms with E-state index in [4.69, 9.17) is 14.0 Å². The summed E-state index contributed by atoms with van der Waals surface area (Å²) in [5.74, 6) is 1.05. The van der Waals surface area contributed by atoms with E-state index in [1.807, 2.05) is 0 Å². The van der Waals surface area contributed by atoms with Crippen molar-refractivity contribution in [2.75, 3.05) is 6.79 Å². The second-order valence-electron chi connectivity index (χ2n) is 6.01. The lowest BCUT2D eigenvalue weighted by Crippen LogP contribution is -2.23. The van der Waals surface area contributed by atoms with Crippen molar-refractivity contribution in [1.82, 2.24) is 10.5 Å². The highest BCUT2D eigenvalue weighted by Gasteiger charge is 2.30. The molecule has 0 aliphatic carbocycles. The summed E-state index contributed by atoms with van der Waals surface area (Å²) in [6.45, 7) is 0.158. The van der Waals surface area contributed by atoms with Crippen LogP contribution in [0.5, 0.6) is 11.5 Å². The Morgan fingerprint density at radius 3 is 2.71 bits per heavy atom. The average molecular weight is 390 g/mol. The number of carbonyl (C=O) groups excluding carboxylic acids is 1. The quantitative estimate of drug-likeness (QED) is 0.729. The molecule has 0 saturated heterocycles. The fourth-order valence-electron chi connectivity index (χ4n) is 2.69. The molecule has 4 rings (SSSR count). The van der Waals surface area contributed by atoms with Crippen LogP contribution < -0.4 is 14.8 Å². The molecule has 1 N–H and O–H groups in total. The number of amides is 1. The van der Waals surface area contributed by atoms with E-state index in [9.17, 15) is 18.0 Å². The molecule has 0 bridgehead atoms. The molecule has 1 aliphatic heterocycles. The van der Waals surface area contributed by atoms with Crippen molar-refractivity contribution in [1.29, 1.82) is 0 Å². The monoisotopic (exact) mass is 390 g/mol. The largest absolute Gasteiger partial charge is 0.454 e. The van der Waals surface area contributed by atoms with E-state index < -0.39 is 17.6 Å². The number of hydrogen-bond donors (Lipinski definition) is 1. The standard InChI is InChI=1S/C19H13F3N2O4/c20-19(21,22)13-3-1-2-12(6-13)18(25)23-9-14-8-16(28-24-14)11-4-5-15-17(7-11)27-10-26-15/h1-8H,9-10H2,(H,23,25). The number of nitrogens with zero attached hydrogens (tertiary/aromatic N) is 1. The Kier molecular flexibility index (Phi) is 4.42. The number of alkyl halides is 3. The van der Waals surface area contributed by atoms with Crippen molar-refractivity contribution in [3.63, 3.8) is 0 Å². The van der Waals surface area contributed by atoms with E-state index in [1.54, 1.807) is 24.3 Å². The van der Waals surface area contributed by atoms with Crippen LogP contribution in [0.15, 0.2) is 53.1 Å². The second kappa shape index (κ2) is 6.91. The van der Waals surface area contributed by atoms with Gasteiger partial charge in [-0.15, -0.1) is 0 Å². The predicted molar refractivity (Wildman–Crippen MR) is 90.7 cm³/mol. The van der Waals surface area contributed by atoms with Gasteiger partial charge in [0.25, 0.3) is 5.91 Å². The van der Waals surface area contributed by atoms with Crippen LogP contribution in [-0.2, 0) is 12.7 Å². The molecular formula is C19H13F3N2O4. The number of ether oxygens (including phenoxy) is 2. The van der Waals surface area contributed by atoms with Crippen LogP contribution in [0, 0.1) is 0 Å². The number of nitrogens with one attached hydrogen (secondary N) is 1. The van der Waals surface area contributed by atoms with Gasteiger partial charge in [0.2, 0.25) is 6.79 Å². The zero-order valence-corrected chi connectivity index (χ0v) is 14.2. The van der Waals surface area contributed by atoms with Crippen LogP contribution in [0.25, 0.3) is 11.3 Å². The number of carbonyl (C=O) groups is 1. The van der Waals surface area contributed by atoms with Crippen LogP contribution in [-0.4, -0.2) is 17.9 Å². The molecule has 0 atom stereocenters. The van der Waals surface area contributed by atoms with Gasteiger partial charge in [-0.1, -0.05) is 11.2 Å². The highest BCUT2D eigenvalue weighted by atomic mass is 19.4. The van der Waals surface area contributed by atoms with Gasteiger partial charge in [0.05, 0.1) is 12.1 Å². The summed E-state index contributed by atoms with van der Waals surface area (Å²) in [6, 6.07) is 11.1. The van der Waals surface area contributed by atoms with Crippen LogP contribution in [0.3, 0.4) is 0 Å². The molecule has 9 heteroatoms. The maximum absolute atomic E-state index is 12.8. The summed E-state index contributed by atoms with van der Waals surface area (Å²) in [5.41, 5.74) is 0.168. The topological polar surface area (TPSA) is 73.6 Å². The van der Waals surface area contributed by atoms with Crippen LogP contribution in [0.4, 0.5) is 13.2 Å². The third kappa shape index (κ3) is 3.64. The molecule has 28 heavy (non-hydrogen) atoms. The molecular weight excluding hydrogens is 377 g/mol. The number of halogens is 3. The lowest BCUT2D eigenvalue weighted by Gasteiger charge is -2.08. The smallest absolute Gasteiger partial charge is 0.416 e. The summed E-state index contributed by atoms with van der Waals surface area (Å²) in [4.78, 5) is 12.1. The Labute approximate surface area is 156 Å². The van der Waals surface area contributed by atoms with E-state index >= 15 is 0 Å². The lowest BCUT2D eigenvalue weighted by molar-refractivity contribution is -0.137. The first-order chi connectivity index (χ1) is 13.4. The number of rotatable bonds is 4. The fourth-order valence-corrected chi connectivity index (χ4v) is 2.69. The van der Waals surface area contributed by atoms with E-state index in [0.717, 1.165) is 12.1 Å². The summed E-state index contributed by atoms with van der Waals surface area (Å²) >= 11 is 0. The number of aromatic nitrogens is 1. The van der Waals surface area contributed by atoms with Gasteiger partial charge in [0.1, 0.15) is 5.69 Å². The highest BCUT2D eigenvalue weighted by Crippen LogP contribution is 2.36. The van der Waals surface area contributed by atoms with Gasteiger partial charge in [-0.3, -0.25) is 4.79 Å². The van der Waals surface area contributed by atoms with E-state index in [0.29, 0.717) is 28.5 Å². The zero-order valence-electron chi connectivity index (χ0n) is 14.2. The van der Waals surface area contributed by atoms with Crippen LogP contribution >= 0.6 is 0 Å². The minimum Gasteiger partial charge on any atom is -0.454 e. The van der Waals surface area contributed by atoms with E-state index in [1.165, 1.54) is 12.1 Å². The molecule has 2 aromatic carbocycles. The van der Waals surface area contributed by atoms with Crippen LogP contribution in [0.2, 0.25) is 0 Å². The second-order valence-corrected chi connectivity index (χ2v) is 6.01. The van der Waals surface area contributed by atoms with Crippen molar-refractivity contribution < 1.29 is 32.0 Å². The van der Waals surface area contributed by atoms with Crippen molar-refractivity contribution in [3.8, 4) is 22.8 Å². The van der Waals surface area contributed by atoms with Crippen LogP contribution in [0.1, 0.15) is 21.6 Å². The maximum atomic E-state index is 12.8. The van der Waals surface area contributed by atoms with Gasteiger partial charge < -0.3 is 19.3 Å². The van der Waals surface area contributed by atoms with Crippen molar-refractivity contribution in [3.05, 3.63) is 65.4 Å². The molecule has 0 saturated carbocycles. The summed E-state index contributed by atoms with van der Waals surface area (Å²) in [6.07, 6.45) is -4.51. The molecule has 1 aromatic heterocycles. The third-order valence-corrected chi connectivity index (χ3v) is 4.10. The molecule has 0 radical (unpaired) electrons. The molecule has 2 heterocycles. The lowest BCUT2D eigenvalue weighted by atomic mass is 10.1. The molecule has 3 aromatic rings. The summed E-state index contributed by atoms with van der Waals surface area (Å²) < 4.78 is 54.1. The zero-order chi connectivity index (χ0) is 19.7. The van der Waals surface area contributed by atoms with Crippen molar-refractivity contribution in [2.24, 2.45) is 0 Å². The Balaban J connectivity index is 1.43. The molecule has 1 amide bonds. The number of hydrogen-bond acceptors (Lipinski definition) is 5. The third-order valence-electron chi connectivity index (χ3n) is 4.10. The van der Waals surface area contributed by atoms with Gasteiger partial charge in [0, 0.05) is 17.2 Å². The van der Waals surface area contributed by atoms with Gasteiger partial charge >= 0.3 is 6.18 Å². The molecule has 0 unspecified atom stereocenters. The summed E-state index contributed by atoms with van der Waals surface area (Å²) in [5, 5.41) is 6.39. The summed E-state index contributed by atoms with van der Waals surface area (Å²) in [7, 11) is 0. The number of benzene rings is 2. The number of fused-ring (bicyclic) bond motifs is 1. The van der Waals surface area contributed by atoms with Gasteiger partial charge in [-0.05, 0) is 36.4 Å². The van der Waals surface area contributed by atoms with Gasteiger partial charge in [0.15, 0.2) is 17.3 Å². The molecule has 144 valence electrons. The average Bonchev–Trinajstić information content (AvgIpc) is 3.34. The normalized spacial score (nSPS) is 12.8. The first kappa shape index (κ1) is 17.9. The Hall–Kier alpha value is -3.49. The van der Waals surface area contributed by atoms with Crippen molar-refractivity contribution >= 4 is 5.91 Å². The predicted octanol–water partition coefficient (Wildman–Crippen LogP) is 4.02. The van der Waals surface area contributed by atoms with Gasteiger partial charge in [-0.25, -0.2) is 0 Å². The minimum absolute atomic E-state index is 0.00311. The Morgan fingerprint density at radius 2 is 1.89 bits per heavy atom. The SMILES string of the molecule is O=C(NCc1cc(-c2ccc3c(c2)OCO3)on1)c1cccc(C(F)(F)F)c1. The van der Waals surface area contributed by atoms with Crippen molar-refractivity contribution in [2.45, 2.75) is 12.7 Å². The molecule has 6 nitrogen and oxygen atoms in total. The van der Waals surface area contributed by atoms with E-state index in [2.05, 4.69) is 10.5 Å². The first-order valence-corrected chi connectivity index (χ1v) is 8.21. The van der Waals surface area contributed by atoms with Gasteiger partial charge in [-0.2, -0.15) is 13.2 Å². The Morgan fingerprint density at radius 1 is 1.07 bits per heavy atom. The molecule has 0 spiro atoms. The Bertz CT molecular complexity index is 1030.